The van der Waals surface area contributed by atoms with Gasteiger partial charge in [-0.15, -0.1) is 0 Å². The number of hydrogen-bond donors (Lipinski definition) is 1. The number of carboxylic acids is 1. The Morgan fingerprint density at radius 3 is 1.77 bits per heavy atom. The van der Waals surface area contributed by atoms with Crippen LogP contribution in [0.2, 0.25) is 0 Å². The highest BCUT2D eigenvalue weighted by Crippen LogP contribution is 2.18. The minimum Gasteiger partial charge on any atom is -0.478 e. The molecule has 0 aliphatic carbocycles. The zero-order chi connectivity index (χ0) is 16.2. The van der Waals surface area contributed by atoms with Crippen LogP contribution >= 0.6 is 0 Å². The molecule has 0 saturated heterocycles. The van der Waals surface area contributed by atoms with Gasteiger partial charge in [-0.25, -0.2) is 4.79 Å². The third-order valence-corrected chi connectivity index (χ3v) is 4.04. The second kappa shape index (κ2) is 11.1. The molecule has 1 rings (SSSR count). The predicted octanol–water partition coefficient (Wildman–Crippen LogP) is 5.35. The van der Waals surface area contributed by atoms with Crippen molar-refractivity contribution in [2.24, 2.45) is 0 Å². The first-order valence-electron chi connectivity index (χ1n) is 8.77. The first kappa shape index (κ1) is 18.5. The van der Waals surface area contributed by atoms with E-state index in [0.717, 1.165) is 18.8 Å². The normalized spacial score (nSPS) is 10.6. The summed E-state index contributed by atoms with van der Waals surface area (Å²) in [5, 5.41) is 9.00. The molecule has 0 saturated carbocycles. The molecule has 0 spiro atoms. The number of rotatable bonds is 12. The van der Waals surface area contributed by atoms with E-state index in [4.69, 9.17) is 5.11 Å². The Morgan fingerprint density at radius 2 is 1.36 bits per heavy atom. The maximum atomic E-state index is 11.0. The highest BCUT2D eigenvalue weighted by Gasteiger charge is 2.08. The summed E-state index contributed by atoms with van der Waals surface area (Å²) >= 11 is 0. The summed E-state index contributed by atoms with van der Waals surface area (Å²) in [7, 11) is 0. The minimum absolute atomic E-state index is 0.362. The SMILES string of the molecule is CCCCCCN(CCCCCC)c1ccc(C(=O)O)cc1. The number of unbranched alkanes of at least 4 members (excludes halogenated alkanes) is 6. The van der Waals surface area contributed by atoms with Gasteiger partial charge in [-0.2, -0.15) is 0 Å². The largest absolute Gasteiger partial charge is 0.478 e. The lowest BCUT2D eigenvalue weighted by Crippen LogP contribution is -2.25. The Bertz CT molecular complexity index is 402. The summed E-state index contributed by atoms with van der Waals surface area (Å²) in [4.78, 5) is 13.4. The fourth-order valence-electron chi connectivity index (χ4n) is 2.64. The Labute approximate surface area is 135 Å². The third-order valence-electron chi connectivity index (χ3n) is 4.04. The van der Waals surface area contributed by atoms with Gasteiger partial charge in [-0.1, -0.05) is 52.4 Å². The lowest BCUT2D eigenvalue weighted by atomic mass is 10.1. The topological polar surface area (TPSA) is 40.5 Å². The molecule has 0 fully saturated rings. The second-order valence-electron chi connectivity index (χ2n) is 5.96. The van der Waals surface area contributed by atoms with Crippen molar-refractivity contribution in [2.75, 3.05) is 18.0 Å². The smallest absolute Gasteiger partial charge is 0.335 e. The maximum absolute atomic E-state index is 11.0. The Balaban J connectivity index is 2.59. The van der Waals surface area contributed by atoms with Crippen molar-refractivity contribution in [1.82, 2.24) is 0 Å². The summed E-state index contributed by atoms with van der Waals surface area (Å²) in [6, 6.07) is 7.32. The molecule has 0 heterocycles. The van der Waals surface area contributed by atoms with E-state index in [1.807, 2.05) is 12.1 Å². The number of aromatic carboxylic acids is 1. The van der Waals surface area contributed by atoms with Crippen molar-refractivity contribution in [2.45, 2.75) is 65.2 Å². The lowest BCUT2D eigenvalue weighted by Gasteiger charge is -2.25. The molecule has 1 aromatic carbocycles. The fourth-order valence-corrected chi connectivity index (χ4v) is 2.64. The Hall–Kier alpha value is -1.51. The molecule has 124 valence electrons. The highest BCUT2D eigenvalue weighted by atomic mass is 16.4. The summed E-state index contributed by atoms with van der Waals surface area (Å²) in [6.45, 7) is 6.59. The van der Waals surface area contributed by atoms with Crippen LogP contribution in [-0.2, 0) is 0 Å². The monoisotopic (exact) mass is 305 g/mol. The van der Waals surface area contributed by atoms with E-state index < -0.39 is 5.97 Å². The number of benzene rings is 1. The van der Waals surface area contributed by atoms with Crippen LogP contribution in [0.3, 0.4) is 0 Å². The van der Waals surface area contributed by atoms with E-state index in [0.29, 0.717) is 5.56 Å². The van der Waals surface area contributed by atoms with Gasteiger partial charge in [-0.05, 0) is 37.1 Å². The van der Waals surface area contributed by atoms with E-state index >= 15 is 0 Å². The van der Waals surface area contributed by atoms with Gasteiger partial charge in [0, 0.05) is 18.8 Å². The van der Waals surface area contributed by atoms with E-state index in [9.17, 15) is 4.79 Å². The van der Waals surface area contributed by atoms with Crippen molar-refractivity contribution in [3.05, 3.63) is 29.8 Å². The molecule has 0 aromatic heterocycles. The molecule has 1 aromatic rings. The van der Waals surface area contributed by atoms with Gasteiger partial charge >= 0.3 is 5.97 Å². The van der Waals surface area contributed by atoms with Crippen LogP contribution in [0.1, 0.15) is 75.6 Å². The molecular weight excluding hydrogens is 274 g/mol. The standard InChI is InChI=1S/C19H31NO2/c1-3-5-7-9-15-20(16-10-8-6-4-2)18-13-11-17(12-14-18)19(21)22/h11-14H,3-10,15-16H2,1-2H3,(H,21,22). The molecule has 0 radical (unpaired) electrons. The van der Waals surface area contributed by atoms with E-state index in [1.54, 1.807) is 12.1 Å². The molecule has 0 atom stereocenters. The molecule has 1 N–H and O–H groups in total. The summed E-state index contributed by atoms with van der Waals surface area (Å²) in [5.41, 5.74) is 1.51. The van der Waals surface area contributed by atoms with E-state index in [1.165, 1.54) is 51.4 Å². The highest BCUT2D eigenvalue weighted by molar-refractivity contribution is 5.88. The van der Waals surface area contributed by atoms with Crippen molar-refractivity contribution < 1.29 is 9.90 Å². The molecule has 0 bridgehead atoms. The zero-order valence-corrected chi connectivity index (χ0v) is 14.2. The van der Waals surface area contributed by atoms with Gasteiger partial charge in [-0.3, -0.25) is 0 Å². The average molecular weight is 305 g/mol. The second-order valence-corrected chi connectivity index (χ2v) is 5.96. The summed E-state index contributed by atoms with van der Waals surface area (Å²) in [6.07, 6.45) is 10.1. The Kier molecular flexibility index (Phi) is 9.36. The van der Waals surface area contributed by atoms with E-state index in [2.05, 4.69) is 18.7 Å². The fraction of sp³-hybridized carbons (Fsp3) is 0.632. The van der Waals surface area contributed by atoms with Crippen LogP contribution in [-0.4, -0.2) is 24.2 Å². The van der Waals surface area contributed by atoms with Crippen LogP contribution in [0.4, 0.5) is 5.69 Å². The van der Waals surface area contributed by atoms with Crippen molar-refractivity contribution >= 4 is 11.7 Å². The van der Waals surface area contributed by atoms with Crippen molar-refractivity contribution in [3.63, 3.8) is 0 Å². The number of carbonyl (C=O) groups is 1. The third kappa shape index (κ3) is 6.97. The minimum atomic E-state index is -0.857. The lowest BCUT2D eigenvalue weighted by molar-refractivity contribution is 0.0697. The molecule has 22 heavy (non-hydrogen) atoms. The predicted molar refractivity (Wildman–Crippen MR) is 93.9 cm³/mol. The molecule has 0 amide bonds. The van der Waals surface area contributed by atoms with Crippen molar-refractivity contribution in [1.29, 1.82) is 0 Å². The van der Waals surface area contributed by atoms with Crippen LogP contribution in [0, 0.1) is 0 Å². The van der Waals surface area contributed by atoms with Crippen LogP contribution in [0.15, 0.2) is 24.3 Å². The first-order chi connectivity index (χ1) is 10.7. The van der Waals surface area contributed by atoms with Gasteiger partial charge in [0.1, 0.15) is 0 Å². The van der Waals surface area contributed by atoms with Gasteiger partial charge in [0.2, 0.25) is 0 Å². The van der Waals surface area contributed by atoms with Gasteiger partial charge < -0.3 is 10.0 Å². The van der Waals surface area contributed by atoms with Gasteiger partial charge in [0.25, 0.3) is 0 Å². The van der Waals surface area contributed by atoms with Gasteiger partial charge in [0.05, 0.1) is 5.56 Å². The molecule has 3 nitrogen and oxygen atoms in total. The maximum Gasteiger partial charge on any atom is 0.335 e. The molecule has 0 unspecified atom stereocenters. The molecule has 3 heteroatoms. The number of carboxylic acid groups (broad SMARTS) is 1. The molecule has 0 aliphatic heterocycles. The van der Waals surface area contributed by atoms with E-state index in [-0.39, 0.29) is 0 Å². The zero-order valence-electron chi connectivity index (χ0n) is 14.2. The quantitative estimate of drug-likeness (QED) is 0.529. The van der Waals surface area contributed by atoms with Crippen LogP contribution < -0.4 is 4.90 Å². The average Bonchev–Trinajstić information content (AvgIpc) is 2.53. The van der Waals surface area contributed by atoms with Crippen LogP contribution in [0.25, 0.3) is 0 Å². The van der Waals surface area contributed by atoms with Crippen molar-refractivity contribution in [3.8, 4) is 0 Å². The summed E-state index contributed by atoms with van der Waals surface area (Å²) in [5.74, 6) is -0.857. The number of anilines is 1. The Morgan fingerprint density at radius 1 is 0.864 bits per heavy atom. The number of nitrogens with zero attached hydrogens (tertiary/aromatic N) is 1. The molecular formula is C19H31NO2. The summed E-state index contributed by atoms with van der Waals surface area (Å²) < 4.78 is 0. The molecule has 0 aliphatic rings. The number of hydrogen-bond acceptors (Lipinski definition) is 2. The van der Waals surface area contributed by atoms with Gasteiger partial charge in [0.15, 0.2) is 0 Å². The van der Waals surface area contributed by atoms with Crippen LogP contribution in [0.5, 0.6) is 0 Å². The first-order valence-corrected chi connectivity index (χ1v) is 8.77.